The zero-order valence-corrected chi connectivity index (χ0v) is 10.6. The van der Waals surface area contributed by atoms with Crippen molar-refractivity contribution < 1.29 is 0 Å². The van der Waals surface area contributed by atoms with Gasteiger partial charge in [-0.2, -0.15) is 0 Å². The summed E-state index contributed by atoms with van der Waals surface area (Å²) >= 11 is 5.03. The van der Waals surface area contributed by atoms with Crippen LogP contribution in [0.4, 0.5) is 5.95 Å². The van der Waals surface area contributed by atoms with Crippen molar-refractivity contribution >= 4 is 33.6 Å². The standard InChI is InChI=1S/C10H9BrN4S/c11-7-3-1-2-4-8(7)16-9-5-6-13-10(14-9)15-12/h1-6H,12H2,(H,13,14,15). The van der Waals surface area contributed by atoms with Gasteiger partial charge in [0.1, 0.15) is 5.03 Å². The maximum Gasteiger partial charge on any atom is 0.238 e. The SMILES string of the molecule is NNc1nccc(Sc2ccccc2Br)n1. The zero-order chi connectivity index (χ0) is 11.4. The molecule has 0 unspecified atom stereocenters. The van der Waals surface area contributed by atoms with Gasteiger partial charge in [-0.25, -0.2) is 15.8 Å². The summed E-state index contributed by atoms with van der Waals surface area (Å²) in [5.41, 5.74) is 2.42. The predicted molar refractivity (Wildman–Crippen MR) is 68.1 cm³/mol. The molecule has 82 valence electrons. The maximum absolute atomic E-state index is 5.25. The summed E-state index contributed by atoms with van der Waals surface area (Å²) in [4.78, 5) is 9.27. The molecule has 1 aromatic heterocycles. The van der Waals surface area contributed by atoms with Crippen molar-refractivity contribution in [2.75, 3.05) is 5.43 Å². The maximum atomic E-state index is 5.25. The van der Waals surface area contributed by atoms with Gasteiger partial charge < -0.3 is 0 Å². The third-order valence-electron chi connectivity index (χ3n) is 1.81. The summed E-state index contributed by atoms with van der Waals surface area (Å²) in [6, 6.07) is 9.81. The van der Waals surface area contributed by atoms with E-state index in [0.717, 1.165) is 14.4 Å². The Morgan fingerprint density at radius 1 is 1.25 bits per heavy atom. The first-order valence-corrected chi connectivity index (χ1v) is 6.12. The average Bonchev–Trinajstić information content (AvgIpc) is 2.32. The van der Waals surface area contributed by atoms with Crippen LogP contribution < -0.4 is 11.3 Å². The molecule has 6 heteroatoms. The fourth-order valence-electron chi connectivity index (χ4n) is 1.11. The fraction of sp³-hybridized carbons (Fsp3) is 0. The lowest BCUT2D eigenvalue weighted by Crippen LogP contribution is -2.10. The Morgan fingerprint density at radius 2 is 2.06 bits per heavy atom. The first kappa shape index (κ1) is 11.4. The Kier molecular flexibility index (Phi) is 3.76. The van der Waals surface area contributed by atoms with E-state index >= 15 is 0 Å². The number of anilines is 1. The van der Waals surface area contributed by atoms with E-state index in [0.29, 0.717) is 5.95 Å². The lowest BCUT2D eigenvalue weighted by atomic mass is 10.4. The number of nitrogens with one attached hydrogen (secondary N) is 1. The lowest BCUT2D eigenvalue weighted by molar-refractivity contribution is 1.03. The second-order valence-electron chi connectivity index (χ2n) is 2.90. The summed E-state index contributed by atoms with van der Waals surface area (Å²) in [5, 5.41) is 0.842. The number of rotatable bonds is 3. The molecule has 1 heterocycles. The normalized spacial score (nSPS) is 10.1. The highest BCUT2D eigenvalue weighted by Gasteiger charge is 2.03. The monoisotopic (exact) mass is 296 g/mol. The predicted octanol–water partition coefficient (Wildman–Crippen LogP) is 2.68. The molecule has 4 nitrogen and oxygen atoms in total. The largest absolute Gasteiger partial charge is 0.292 e. The Bertz CT molecular complexity index is 492. The summed E-state index contributed by atoms with van der Waals surface area (Å²) in [6.07, 6.45) is 1.67. The van der Waals surface area contributed by atoms with Crippen LogP contribution in [0.15, 0.2) is 50.9 Å². The zero-order valence-electron chi connectivity index (χ0n) is 8.22. The van der Waals surface area contributed by atoms with E-state index in [1.54, 1.807) is 18.0 Å². The van der Waals surface area contributed by atoms with Crippen LogP contribution in [0.3, 0.4) is 0 Å². The minimum atomic E-state index is 0.414. The first-order valence-electron chi connectivity index (χ1n) is 4.51. The van der Waals surface area contributed by atoms with Crippen molar-refractivity contribution in [1.82, 2.24) is 9.97 Å². The van der Waals surface area contributed by atoms with E-state index in [1.807, 2.05) is 30.3 Å². The van der Waals surface area contributed by atoms with Crippen molar-refractivity contribution in [3.63, 3.8) is 0 Å². The second kappa shape index (κ2) is 5.29. The van der Waals surface area contributed by atoms with E-state index in [9.17, 15) is 0 Å². The van der Waals surface area contributed by atoms with Gasteiger partial charge in [0.25, 0.3) is 0 Å². The first-order chi connectivity index (χ1) is 7.79. The number of hydrogen-bond donors (Lipinski definition) is 2. The summed E-state index contributed by atoms with van der Waals surface area (Å²) in [6.45, 7) is 0. The number of hydrazine groups is 1. The smallest absolute Gasteiger partial charge is 0.238 e. The Hall–Kier alpha value is -1.11. The van der Waals surface area contributed by atoms with Gasteiger partial charge in [-0.1, -0.05) is 23.9 Å². The van der Waals surface area contributed by atoms with Gasteiger partial charge in [0.15, 0.2) is 0 Å². The highest BCUT2D eigenvalue weighted by atomic mass is 79.9. The van der Waals surface area contributed by atoms with Crippen LogP contribution in [0.2, 0.25) is 0 Å². The topological polar surface area (TPSA) is 63.8 Å². The van der Waals surface area contributed by atoms with Crippen molar-refractivity contribution in [3.05, 3.63) is 41.0 Å². The Morgan fingerprint density at radius 3 is 2.81 bits per heavy atom. The molecule has 0 radical (unpaired) electrons. The lowest BCUT2D eigenvalue weighted by Gasteiger charge is -2.04. The number of nitrogens with two attached hydrogens (primary N) is 1. The molecular formula is C10H9BrN4S. The van der Waals surface area contributed by atoms with Crippen molar-refractivity contribution in [2.45, 2.75) is 9.92 Å². The molecule has 0 bridgehead atoms. The van der Waals surface area contributed by atoms with E-state index in [1.165, 1.54) is 0 Å². The van der Waals surface area contributed by atoms with Gasteiger partial charge in [-0.3, -0.25) is 5.43 Å². The number of benzene rings is 1. The van der Waals surface area contributed by atoms with Gasteiger partial charge in [0.2, 0.25) is 5.95 Å². The molecule has 0 aliphatic carbocycles. The molecule has 16 heavy (non-hydrogen) atoms. The van der Waals surface area contributed by atoms with Crippen molar-refractivity contribution in [3.8, 4) is 0 Å². The minimum absolute atomic E-state index is 0.414. The van der Waals surface area contributed by atoms with Crippen LogP contribution in [-0.2, 0) is 0 Å². The van der Waals surface area contributed by atoms with E-state index in [2.05, 4.69) is 31.3 Å². The summed E-state index contributed by atoms with van der Waals surface area (Å²) in [5.74, 6) is 5.66. The van der Waals surface area contributed by atoms with Gasteiger partial charge in [0, 0.05) is 15.6 Å². The number of hydrogen-bond acceptors (Lipinski definition) is 5. The second-order valence-corrected chi connectivity index (χ2v) is 4.81. The van der Waals surface area contributed by atoms with Gasteiger partial charge in [-0.05, 0) is 34.1 Å². The molecule has 2 rings (SSSR count). The third kappa shape index (κ3) is 2.72. The summed E-state index contributed by atoms with van der Waals surface area (Å²) in [7, 11) is 0. The fourth-order valence-corrected chi connectivity index (χ4v) is 2.43. The van der Waals surface area contributed by atoms with Gasteiger partial charge >= 0.3 is 0 Å². The van der Waals surface area contributed by atoms with Gasteiger partial charge in [-0.15, -0.1) is 0 Å². The van der Waals surface area contributed by atoms with Crippen molar-refractivity contribution in [2.24, 2.45) is 5.84 Å². The highest BCUT2D eigenvalue weighted by molar-refractivity contribution is 9.10. The number of halogens is 1. The molecule has 0 atom stereocenters. The highest BCUT2D eigenvalue weighted by Crippen LogP contribution is 2.32. The van der Waals surface area contributed by atoms with Crippen LogP contribution in [0.1, 0.15) is 0 Å². The van der Waals surface area contributed by atoms with Crippen LogP contribution >= 0.6 is 27.7 Å². The molecule has 1 aromatic carbocycles. The molecule has 3 N–H and O–H groups in total. The van der Waals surface area contributed by atoms with E-state index < -0.39 is 0 Å². The quantitative estimate of drug-likeness (QED) is 0.518. The molecule has 0 aliphatic rings. The van der Waals surface area contributed by atoms with Crippen LogP contribution in [0, 0.1) is 0 Å². The average molecular weight is 297 g/mol. The number of aromatic nitrogens is 2. The Balaban J connectivity index is 2.24. The third-order valence-corrected chi connectivity index (χ3v) is 3.78. The molecule has 0 amide bonds. The molecule has 0 spiro atoms. The number of nitrogens with zero attached hydrogens (tertiary/aromatic N) is 2. The van der Waals surface area contributed by atoms with Crippen LogP contribution in [-0.4, -0.2) is 9.97 Å². The molecule has 0 saturated heterocycles. The molecule has 0 fully saturated rings. The van der Waals surface area contributed by atoms with Crippen molar-refractivity contribution in [1.29, 1.82) is 0 Å². The molecule has 2 aromatic rings. The molecule has 0 aliphatic heterocycles. The summed E-state index contributed by atoms with van der Waals surface area (Å²) < 4.78 is 1.04. The molecule has 0 saturated carbocycles. The van der Waals surface area contributed by atoms with E-state index in [-0.39, 0.29) is 0 Å². The minimum Gasteiger partial charge on any atom is -0.292 e. The molecular weight excluding hydrogens is 288 g/mol. The Labute approximate surface area is 106 Å². The van der Waals surface area contributed by atoms with Crippen LogP contribution in [0.25, 0.3) is 0 Å². The van der Waals surface area contributed by atoms with E-state index in [4.69, 9.17) is 5.84 Å². The van der Waals surface area contributed by atoms with Gasteiger partial charge in [0.05, 0.1) is 0 Å². The van der Waals surface area contributed by atoms with Crippen LogP contribution in [0.5, 0.6) is 0 Å². The number of nitrogen functional groups attached to an aromatic ring is 1.